The molecular weight excluding hydrogens is 478 g/mol. The van der Waals surface area contributed by atoms with Gasteiger partial charge in [0.25, 0.3) is 0 Å². The number of ether oxygens (including phenoxy) is 1. The SMILES string of the molecule is O=C(Nc1cc(C(F)(F)F)cc(C(F)(F)F)c1)[C@@H]1CC12CCN(C(=O)OCc1ccccc1)CC2. The average molecular weight is 500 g/mol. The van der Waals surface area contributed by atoms with Gasteiger partial charge in [-0.15, -0.1) is 0 Å². The number of carbonyl (C=O) groups excluding carboxylic acids is 2. The standard InChI is InChI=1S/C24H22F6N2O3/c25-23(26,27)16-10-17(24(28,29)30)12-18(11-16)31-20(33)19-13-22(19)6-8-32(9-7-22)21(34)35-14-15-4-2-1-3-5-15/h1-5,10-12,19H,6-9,13-14H2,(H,31,33)/t19-/m0/s1. The first kappa shape index (κ1) is 24.9. The summed E-state index contributed by atoms with van der Waals surface area (Å²) >= 11 is 0. The Hall–Kier alpha value is -3.24. The second-order valence-corrected chi connectivity index (χ2v) is 8.93. The molecule has 1 aliphatic heterocycles. The summed E-state index contributed by atoms with van der Waals surface area (Å²) in [5, 5.41) is 2.23. The van der Waals surface area contributed by atoms with Gasteiger partial charge in [-0.3, -0.25) is 4.79 Å². The molecule has 0 bridgehead atoms. The average Bonchev–Trinajstić information content (AvgIpc) is 3.50. The predicted octanol–water partition coefficient (Wildman–Crippen LogP) is 6.10. The fourth-order valence-electron chi connectivity index (χ4n) is 4.47. The van der Waals surface area contributed by atoms with Crippen LogP contribution in [0.1, 0.15) is 36.0 Å². The number of anilines is 1. The largest absolute Gasteiger partial charge is 0.445 e. The van der Waals surface area contributed by atoms with Gasteiger partial charge >= 0.3 is 18.4 Å². The number of hydrogen-bond acceptors (Lipinski definition) is 3. The van der Waals surface area contributed by atoms with Crippen LogP contribution in [0.25, 0.3) is 0 Å². The summed E-state index contributed by atoms with van der Waals surface area (Å²) in [6.07, 6.45) is -9.04. The van der Waals surface area contributed by atoms with Gasteiger partial charge in [0.2, 0.25) is 5.91 Å². The number of hydrogen-bond donors (Lipinski definition) is 1. The summed E-state index contributed by atoms with van der Waals surface area (Å²) in [5.74, 6) is -1.17. The molecule has 1 spiro atoms. The molecule has 4 rings (SSSR count). The lowest BCUT2D eigenvalue weighted by molar-refractivity contribution is -0.143. The molecular formula is C24H22F6N2O3. The van der Waals surface area contributed by atoms with E-state index >= 15 is 0 Å². The van der Waals surface area contributed by atoms with Gasteiger partial charge in [-0.25, -0.2) is 4.79 Å². The molecule has 11 heteroatoms. The van der Waals surface area contributed by atoms with Crippen LogP contribution in [0, 0.1) is 11.3 Å². The zero-order valence-electron chi connectivity index (χ0n) is 18.4. The minimum atomic E-state index is -5.00. The molecule has 1 N–H and O–H groups in total. The van der Waals surface area contributed by atoms with E-state index in [2.05, 4.69) is 5.32 Å². The number of alkyl halides is 6. The van der Waals surface area contributed by atoms with Gasteiger partial charge in [0.1, 0.15) is 6.61 Å². The van der Waals surface area contributed by atoms with E-state index in [0.717, 1.165) is 5.56 Å². The molecule has 1 saturated heterocycles. The van der Waals surface area contributed by atoms with Crippen LogP contribution in [0.3, 0.4) is 0 Å². The van der Waals surface area contributed by atoms with E-state index in [1.54, 1.807) is 0 Å². The van der Waals surface area contributed by atoms with Crippen molar-refractivity contribution in [3.63, 3.8) is 0 Å². The van der Waals surface area contributed by atoms with Crippen LogP contribution in [0.4, 0.5) is 36.8 Å². The zero-order chi connectivity index (χ0) is 25.4. The van der Waals surface area contributed by atoms with E-state index in [0.29, 0.717) is 44.5 Å². The number of halogens is 6. The molecule has 1 aliphatic carbocycles. The zero-order valence-corrected chi connectivity index (χ0v) is 18.4. The molecule has 188 valence electrons. The van der Waals surface area contributed by atoms with Crippen LogP contribution >= 0.6 is 0 Å². The third-order valence-corrected chi connectivity index (χ3v) is 6.58. The van der Waals surface area contributed by atoms with E-state index in [1.807, 2.05) is 30.3 Å². The highest BCUT2D eigenvalue weighted by molar-refractivity contribution is 5.95. The van der Waals surface area contributed by atoms with Gasteiger partial charge < -0.3 is 15.0 Å². The second-order valence-electron chi connectivity index (χ2n) is 8.93. The third kappa shape index (κ3) is 5.71. The molecule has 5 nitrogen and oxygen atoms in total. The van der Waals surface area contributed by atoms with Crippen LogP contribution in [0.15, 0.2) is 48.5 Å². The molecule has 2 aromatic rings. The lowest BCUT2D eigenvalue weighted by Crippen LogP contribution is -2.40. The van der Waals surface area contributed by atoms with Crippen molar-refractivity contribution in [3.8, 4) is 0 Å². The molecule has 0 radical (unpaired) electrons. The van der Waals surface area contributed by atoms with Gasteiger partial charge in [-0.2, -0.15) is 26.3 Å². The van der Waals surface area contributed by atoms with Crippen LogP contribution in [0.5, 0.6) is 0 Å². The minimum Gasteiger partial charge on any atom is -0.445 e. The number of nitrogens with one attached hydrogen (secondary N) is 1. The van der Waals surface area contributed by atoms with Crippen LogP contribution < -0.4 is 5.32 Å². The Morgan fingerprint density at radius 1 is 0.943 bits per heavy atom. The first-order valence-corrected chi connectivity index (χ1v) is 10.9. The first-order valence-electron chi connectivity index (χ1n) is 10.9. The van der Waals surface area contributed by atoms with Crippen molar-refractivity contribution in [2.75, 3.05) is 18.4 Å². The van der Waals surface area contributed by atoms with E-state index in [1.165, 1.54) is 4.90 Å². The number of piperidine rings is 1. The Labute approximate surface area is 197 Å². The van der Waals surface area contributed by atoms with E-state index in [4.69, 9.17) is 4.74 Å². The monoisotopic (exact) mass is 500 g/mol. The topological polar surface area (TPSA) is 58.6 Å². The normalized spacial score (nSPS) is 19.4. The van der Waals surface area contributed by atoms with Crippen molar-refractivity contribution in [1.29, 1.82) is 0 Å². The fraction of sp³-hybridized carbons (Fsp3) is 0.417. The van der Waals surface area contributed by atoms with E-state index in [-0.39, 0.29) is 12.7 Å². The summed E-state index contributed by atoms with van der Waals surface area (Å²) < 4.78 is 83.7. The van der Waals surface area contributed by atoms with Gasteiger partial charge in [-0.05, 0) is 48.4 Å². The summed E-state index contributed by atoms with van der Waals surface area (Å²) in [7, 11) is 0. The number of amides is 2. The van der Waals surface area contributed by atoms with Gasteiger partial charge in [0, 0.05) is 24.7 Å². The van der Waals surface area contributed by atoms with E-state index < -0.39 is 52.5 Å². The molecule has 1 saturated carbocycles. The summed E-state index contributed by atoms with van der Waals surface area (Å²) in [4.78, 5) is 26.5. The molecule has 1 heterocycles. The Bertz CT molecular complexity index is 1060. The van der Waals surface area contributed by atoms with Crippen LogP contribution in [-0.2, 0) is 28.5 Å². The quantitative estimate of drug-likeness (QED) is 0.516. The predicted molar refractivity (Wildman–Crippen MR) is 113 cm³/mol. The highest BCUT2D eigenvalue weighted by Gasteiger charge is 2.59. The Morgan fingerprint density at radius 3 is 2.06 bits per heavy atom. The maximum Gasteiger partial charge on any atom is 0.416 e. The maximum absolute atomic E-state index is 13.1. The lowest BCUT2D eigenvalue weighted by Gasteiger charge is -2.32. The Balaban J connectivity index is 1.34. The second kappa shape index (κ2) is 9.09. The molecule has 2 fully saturated rings. The first-order chi connectivity index (χ1) is 16.4. The van der Waals surface area contributed by atoms with Crippen molar-refractivity contribution in [2.45, 2.75) is 38.2 Å². The third-order valence-electron chi connectivity index (χ3n) is 6.58. The highest BCUT2D eigenvalue weighted by atomic mass is 19.4. The van der Waals surface area contributed by atoms with Gasteiger partial charge in [-0.1, -0.05) is 30.3 Å². The summed E-state index contributed by atoms with van der Waals surface area (Å²) in [6, 6.07) is 10.2. The number of nitrogens with zero attached hydrogens (tertiary/aromatic N) is 1. The van der Waals surface area contributed by atoms with Crippen molar-refractivity contribution < 1.29 is 40.7 Å². The smallest absolute Gasteiger partial charge is 0.416 e. The maximum atomic E-state index is 13.1. The van der Waals surface area contributed by atoms with E-state index in [9.17, 15) is 35.9 Å². The van der Waals surface area contributed by atoms with Crippen molar-refractivity contribution in [1.82, 2.24) is 4.90 Å². The fourth-order valence-corrected chi connectivity index (χ4v) is 4.47. The molecule has 2 amide bonds. The molecule has 1 atom stereocenters. The molecule has 2 aliphatic rings. The van der Waals surface area contributed by atoms with Crippen molar-refractivity contribution in [3.05, 3.63) is 65.2 Å². The van der Waals surface area contributed by atoms with Crippen molar-refractivity contribution in [2.24, 2.45) is 11.3 Å². The number of likely N-dealkylation sites (tertiary alicyclic amines) is 1. The Morgan fingerprint density at radius 2 is 1.51 bits per heavy atom. The van der Waals surface area contributed by atoms with Gasteiger partial charge in [0.15, 0.2) is 0 Å². The molecule has 0 unspecified atom stereocenters. The number of carbonyl (C=O) groups is 2. The van der Waals surface area contributed by atoms with Crippen LogP contribution in [-0.4, -0.2) is 30.0 Å². The minimum absolute atomic E-state index is 0.0148. The highest BCUT2D eigenvalue weighted by Crippen LogP contribution is 2.59. The van der Waals surface area contributed by atoms with Crippen molar-refractivity contribution >= 4 is 17.7 Å². The molecule has 35 heavy (non-hydrogen) atoms. The lowest BCUT2D eigenvalue weighted by atomic mass is 9.90. The van der Waals surface area contributed by atoms with Gasteiger partial charge in [0.05, 0.1) is 11.1 Å². The summed E-state index contributed by atoms with van der Waals surface area (Å²) in [5.41, 5.74) is -3.11. The van der Waals surface area contributed by atoms with Crippen LogP contribution in [0.2, 0.25) is 0 Å². The number of rotatable bonds is 4. The summed E-state index contributed by atoms with van der Waals surface area (Å²) in [6.45, 7) is 0.821. The molecule has 0 aromatic heterocycles. The number of benzene rings is 2. The Kier molecular flexibility index (Phi) is 6.46. The molecule has 2 aromatic carbocycles.